The lowest BCUT2D eigenvalue weighted by Gasteiger charge is -2.31. The van der Waals surface area contributed by atoms with E-state index >= 15 is 0 Å². The highest BCUT2D eigenvalue weighted by Gasteiger charge is 2.33. The van der Waals surface area contributed by atoms with Gasteiger partial charge in [-0.15, -0.1) is 0 Å². The van der Waals surface area contributed by atoms with Crippen LogP contribution in [0.1, 0.15) is 76.3 Å². The maximum atomic E-state index is 12.6. The Morgan fingerprint density at radius 1 is 0.735 bits per heavy atom. The molecule has 0 aliphatic carbocycles. The van der Waals surface area contributed by atoms with Crippen molar-refractivity contribution in [2.45, 2.75) is 76.0 Å². The fraction of sp³-hybridized carbons (Fsp3) is 0.414. The molecule has 0 spiro atoms. The van der Waals surface area contributed by atoms with Gasteiger partial charge in [0.1, 0.15) is 5.78 Å². The van der Waals surface area contributed by atoms with Gasteiger partial charge in [-0.2, -0.15) is 0 Å². The summed E-state index contributed by atoms with van der Waals surface area (Å²) in [6.07, 6.45) is 3.93. The van der Waals surface area contributed by atoms with E-state index < -0.39 is 17.4 Å². The summed E-state index contributed by atoms with van der Waals surface area (Å²) in [5.74, 6) is -1.70. The fourth-order valence-corrected chi connectivity index (χ4v) is 4.59. The summed E-state index contributed by atoms with van der Waals surface area (Å²) >= 11 is 0. The Morgan fingerprint density at radius 3 is 1.74 bits per heavy atom. The minimum atomic E-state index is -1.03. The molecule has 0 aromatic heterocycles. The van der Waals surface area contributed by atoms with Crippen molar-refractivity contribution in [1.29, 1.82) is 0 Å². The maximum absolute atomic E-state index is 12.6. The predicted octanol–water partition coefficient (Wildman–Crippen LogP) is 6.32. The molecule has 0 saturated carbocycles. The summed E-state index contributed by atoms with van der Waals surface area (Å²) in [5.41, 5.74) is 1.06. The number of ketones is 1. The summed E-state index contributed by atoms with van der Waals surface area (Å²) in [5, 5.41) is 18.7. The second-order valence-corrected chi connectivity index (χ2v) is 9.55. The van der Waals surface area contributed by atoms with E-state index in [2.05, 4.69) is 13.5 Å². The van der Waals surface area contributed by atoms with Crippen LogP contribution in [0.15, 0.2) is 72.8 Å². The third-order valence-corrected chi connectivity index (χ3v) is 7.01. The molecule has 2 unspecified atom stereocenters. The van der Waals surface area contributed by atoms with Crippen LogP contribution in [0.3, 0.4) is 0 Å². The fourth-order valence-electron chi connectivity index (χ4n) is 4.59. The molecule has 0 radical (unpaired) electrons. The molecule has 0 heterocycles. The highest BCUT2D eigenvalue weighted by Crippen LogP contribution is 2.37. The van der Waals surface area contributed by atoms with E-state index in [0.29, 0.717) is 38.5 Å². The summed E-state index contributed by atoms with van der Waals surface area (Å²) in [6, 6.07) is 19.3. The zero-order valence-corrected chi connectivity index (χ0v) is 20.3. The Bertz CT molecular complexity index is 982. The van der Waals surface area contributed by atoms with E-state index in [0.717, 1.165) is 17.5 Å². The third-order valence-electron chi connectivity index (χ3n) is 7.01. The topological polar surface area (TPSA) is 91.7 Å². The minimum absolute atomic E-state index is 0.0882. The molecule has 2 atom stereocenters. The summed E-state index contributed by atoms with van der Waals surface area (Å²) in [7, 11) is 0. The molecule has 5 nitrogen and oxygen atoms in total. The largest absolute Gasteiger partial charge is 0.481 e. The van der Waals surface area contributed by atoms with Crippen LogP contribution in [-0.2, 0) is 25.2 Å². The zero-order chi connectivity index (χ0) is 25.2. The Kier molecular flexibility index (Phi) is 9.79. The molecular formula is C29H36O5. The second kappa shape index (κ2) is 12.3. The van der Waals surface area contributed by atoms with Crippen LogP contribution in [-0.4, -0.2) is 27.9 Å². The van der Waals surface area contributed by atoms with Crippen LogP contribution in [0.5, 0.6) is 0 Å². The number of carbonyl (C=O) groups excluding carboxylic acids is 1. The van der Waals surface area contributed by atoms with Crippen LogP contribution >= 0.6 is 0 Å². The molecule has 0 fully saturated rings. The Morgan fingerprint density at radius 2 is 1.24 bits per heavy atom. The molecule has 182 valence electrons. The van der Waals surface area contributed by atoms with Crippen molar-refractivity contribution in [3.63, 3.8) is 0 Å². The Hall–Kier alpha value is -3.21. The number of carboxylic acid groups (broad SMARTS) is 2. The van der Waals surface area contributed by atoms with Gasteiger partial charge in [-0.05, 0) is 48.6 Å². The summed E-state index contributed by atoms with van der Waals surface area (Å²) < 4.78 is 0. The van der Waals surface area contributed by atoms with Crippen LogP contribution < -0.4 is 0 Å². The number of rotatable bonds is 15. The van der Waals surface area contributed by atoms with E-state index in [-0.39, 0.29) is 23.2 Å². The molecule has 2 N–H and O–H groups in total. The predicted molar refractivity (Wildman–Crippen MR) is 134 cm³/mol. The molecular weight excluding hydrogens is 428 g/mol. The number of carbonyl (C=O) groups is 3. The first-order chi connectivity index (χ1) is 16.1. The van der Waals surface area contributed by atoms with Gasteiger partial charge >= 0.3 is 11.9 Å². The van der Waals surface area contributed by atoms with Crippen molar-refractivity contribution in [1.82, 2.24) is 0 Å². The van der Waals surface area contributed by atoms with Crippen molar-refractivity contribution in [3.05, 3.63) is 83.9 Å². The van der Waals surface area contributed by atoms with Crippen LogP contribution in [0.2, 0.25) is 0 Å². The van der Waals surface area contributed by atoms with E-state index in [1.165, 1.54) is 0 Å². The number of aliphatic carboxylic acids is 2. The van der Waals surface area contributed by atoms with Gasteiger partial charge in [-0.25, -0.2) is 4.79 Å². The van der Waals surface area contributed by atoms with Crippen LogP contribution in [0.25, 0.3) is 0 Å². The van der Waals surface area contributed by atoms with Gasteiger partial charge in [-0.1, -0.05) is 81.1 Å². The lowest BCUT2D eigenvalue weighted by Crippen LogP contribution is -2.29. The molecule has 5 heteroatoms. The number of hydrogen-bond donors (Lipinski definition) is 2. The van der Waals surface area contributed by atoms with Crippen molar-refractivity contribution in [2.24, 2.45) is 0 Å². The quantitative estimate of drug-likeness (QED) is 0.301. The molecule has 2 rings (SSSR count). The lowest BCUT2D eigenvalue weighted by atomic mass is 9.72. The van der Waals surface area contributed by atoms with Crippen molar-refractivity contribution < 1.29 is 24.6 Å². The molecule has 0 bridgehead atoms. The molecule has 2 aromatic rings. The smallest absolute Gasteiger partial charge is 0.331 e. The molecule has 2 aromatic carbocycles. The lowest BCUT2D eigenvalue weighted by molar-refractivity contribution is -0.137. The van der Waals surface area contributed by atoms with E-state index in [9.17, 15) is 19.5 Å². The van der Waals surface area contributed by atoms with Gasteiger partial charge in [0.25, 0.3) is 0 Å². The molecule has 34 heavy (non-hydrogen) atoms. The van der Waals surface area contributed by atoms with E-state index in [1.807, 2.05) is 67.6 Å². The van der Waals surface area contributed by atoms with Gasteiger partial charge in [0.2, 0.25) is 0 Å². The van der Waals surface area contributed by atoms with Crippen molar-refractivity contribution >= 4 is 17.7 Å². The molecule has 0 amide bonds. The minimum Gasteiger partial charge on any atom is -0.481 e. The average Bonchev–Trinajstić information content (AvgIpc) is 2.83. The van der Waals surface area contributed by atoms with Crippen LogP contribution in [0.4, 0.5) is 0 Å². The van der Waals surface area contributed by atoms with Gasteiger partial charge < -0.3 is 10.2 Å². The molecule has 0 aliphatic rings. The van der Waals surface area contributed by atoms with Gasteiger partial charge in [0.05, 0.1) is 0 Å². The SMILES string of the molecule is C=C(C(=O)O)C(C)(CCCC(=O)CCCC(C)(CCC(=O)O)c1ccccc1)c1ccccc1. The summed E-state index contributed by atoms with van der Waals surface area (Å²) in [6.45, 7) is 7.75. The number of hydrogen-bond acceptors (Lipinski definition) is 3. The monoisotopic (exact) mass is 464 g/mol. The van der Waals surface area contributed by atoms with Crippen molar-refractivity contribution in [3.8, 4) is 0 Å². The highest BCUT2D eigenvalue weighted by atomic mass is 16.4. The molecule has 0 saturated heterocycles. The highest BCUT2D eigenvalue weighted by molar-refractivity contribution is 5.89. The maximum Gasteiger partial charge on any atom is 0.331 e. The third kappa shape index (κ3) is 7.41. The van der Waals surface area contributed by atoms with Crippen LogP contribution in [0, 0.1) is 0 Å². The Labute approximate surface area is 202 Å². The zero-order valence-electron chi connectivity index (χ0n) is 20.3. The first-order valence-electron chi connectivity index (χ1n) is 11.9. The van der Waals surface area contributed by atoms with Crippen molar-refractivity contribution in [2.75, 3.05) is 0 Å². The normalized spacial score (nSPS) is 14.5. The van der Waals surface area contributed by atoms with Gasteiger partial charge in [0.15, 0.2) is 0 Å². The second-order valence-electron chi connectivity index (χ2n) is 9.55. The Balaban J connectivity index is 1.94. The van der Waals surface area contributed by atoms with E-state index in [4.69, 9.17) is 5.11 Å². The summed E-state index contributed by atoms with van der Waals surface area (Å²) in [4.78, 5) is 35.4. The van der Waals surface area contributed by atoms with Gasteiger partial charge in [-0.3, -0.25) is 9.59 Å². The number of benzene rings is 2. The average molecular weight is 465 g/mol. The first kappa shape index (κ1) is 27.0. The first-order valence-corrected chi connectivity index (χ1v) is 11.9. The van der Waals surface area contributed by atoms with E-state index in [1.54, 1.807) is 0 Å². The number of Topliss-reactive ketones (excluding diaryl/α,β-unsaturated/α-hetero) is 1. The number of carboxylic acids is 2. The van der Waals surface area contributed by atoms with Gasteiger partial charge in [0, 0.05) is 30.3 Å². The standard InChI is InChI=1S/C29H36O5/c1-22(27(33)34)29(3,24-14-8-5-9-15-24)20-11-17-25(30)16-10-19-28(2,21-18-26(31)32)23-12-6-4-7-13-23/h4-9,12-15H,1,10-11,16-21H2,2-3H3,(H,31,32)(H,33,34). The molecule has 0 aliphatic heterocycles.